The van der Waals surface area contributed by atoms with Crippen LogP contribution in [0.15, 0.2) is 27.4 Å². The van der Waals surface area contributed by atoms with Gasteiger partial charge in [0.15, 0.2) is 18.0 Å². The zero-order chi connectivity index (χ0) is 32.0. The topological polar surface area (TPSA) is 206 Å². The third-order valence-corrected chi connectivity index (χ3v) is 5.48. The van der Waals surface area contributed by atoms with Gasteiger partial charge in [-0.05, 0) is 12.1 Å². The first-order valence-electron chi connectivity index (χ1n) is 12.6. The molecule has 1 aromatic carbocycles. The largest absolute Gasteiger partial charge is 0.463 e. The minimum atomic E-state index is -1.77. The summed E-state index contributed by atoms with van der Waals surface area (Å²) in [6, 6.07) is 3.82. The third-order valence-electron chi connectivity index (χ3n) is 5.48. The van der Waals surface area contributed by atoms with Gasteiger partial charge in [-0.15, -0.1) is 0 Å². The maximum absolute atomic E-state index is 12.9. The van der Waals surface area contributed by atoms with Crippen molar-refractivity contribution < 1.29 is 71.1 Å². The van der Waals surface area contributed by atoms with E-state index in [2.05, 4.69) is 0 Å². The van der Waals surface area contributed by atoms with Crippen molar-refractivity contribution in [2.45, 2.75) is 72.2 Å². The van der Waals surface area contributed by atoms with Gasteiger partial charge in [0.05, 0.1) is 5.39 Å². The predicted octanol–water partition coefficient (Wildman–Crippen LogP) is 1.11. The van der Waals surface area contributed by atoms with Crippen molar-refractivity contribution in [1.82, 2.24) is 0 Å². The number of esters is 6. The number of benzene rings is 1. The van der Waals surface area contributed by atoms with Crippen LogP contribution in [0.25, 0.3) is 11.0 Å². The lowest BCUT2D eigenvalue weighted by molar-refractivity contribution is -0.288. The second-order valence-corrected chi connectivity index (χ2v) is 9.08. The molecule has 0 saturated carbocycles. The summed E-state index contributed by atoms with van der Waals surface area (Å²) in [5.74, 6) is -6.13. The first-order chi connectivity index (χ1) is 20.2. The van der Waals surface area contributed by atoms with Crippen molar-refractivity contribution in [1.29, 1.82) is 0 Å². The highest BCUT2D eigenvalue weighted by atomic mass is 16.7. The lowest BCUT2D eigenvalue weighted by Crippen LogP contribution is -2.63. The Morgan fingerprint density at radius 2 is 1.28 bits per heavy atom. The standard InChI is InChI=1S/C27H28O16/c1-11(28)35-10-20-22(37-13(3)30)23(38-14(4)31)25(40-16(6)33)27(42-20)43-21-18-8-7-17(36-12(2)29)9-19(18)41-26(34)24(21)39-15(5)32/h7-9,20,22-23,25,27H,10H2,1-6H3/t20-,22+,23+,25-,27+/m1/s1. The molecule has 0 bridgehead atoms. The Hall–Kier alpha value is -4.99. The molecule has 2 heterocycles. The smallest absolute Gasteiger partial charge is 0.383 e. The van der Waals surface area contributed by atoms with E-state index in [9.17, 15) is 33.6 Å². The molecule has 232 valence electrons. The lowest BCUT2D eigenvalue weighted by atomic mass is 9.98. The Bertz CT molecular complexity index is 1490. The highest BCUT2D eigenvalue weighted by Crippen LogP contribution is 2.38. The SMILES string of the molecule is CC(=O)OC[C@H]1O[C@@H](Oc2c(OC(C)=O)c(=O)oc3cc(OC(C)=O)ccc23)[C@H](OC(C)=O)[C@@H](OC(C)=O)[C@H]1OC(C)=O. The number of carbonyl (C=O) groups excluding carboxylic acids is 6. The monoisotopic (exact) mass is 608 g/mol. The number of carbonyl (C=O) groups is 6. The van der Waals surface area contributed by atoms with Crippen molar-refractivity contribution >= 4 is 46.8 Å². The van der Waals surface area contributed by atoms with E-state index in [4.69, 9.17) is 42.3 Å². The molecule has 0 radical (unpaired) electrons. The normalized spacial score (nSPS) is 21.2. The summed E-state index contributed by atoms with van der Waals surface area (Å²) in [6.45, 7) is 5.85. The number of ether oxygens (including phenoxy) is 8. The van der Waals surface area contributed by atoms with Crippen molar-refractivity contribution in [2.75, 3.05) is 6.61 Å². The van der Waals surface area contributed by atoms with Crippen LogP contribution in [0.4, 0.5) is 0 Å². The molecule has 0 aliphatic carbocycles. The zero-order valence-corrected chi connectivity index (χ0v) is 23.9. The molecule has 0 spiro atoms. The molecule has 43 heavy (non-hydrogen) atoms. The van der Waals surface area contributed by atoms with Crippen LogP contribution in [-0.4, -0.2) is 73.1 Å². The van der Waals surface area contributed by atoms with E-state index >= 15 is 0 Å². The van der Waals surface area contributed by atoms with Gasteiger partial charge < -0.3 is 42.3 Å². The molecule has 5 atom stereocenters. The Balaban J connectivity index is 2.22. The fraction of sp³-hybridized carbons (Fsp3) is 0.444. The molecule has 0 N–H and O–H groups in total. The average Bonchev–Trinajstić information content (AvgIpc) is 2.86. The molecular weight excluding hydrogens is 580 g/mol. The molecule has 1 aromatic heterocycles. The first-order valence-corrected chi connectivity index (χ1v) is 12.6. The lowest BCUT2D eigenvalue weighted by Gasteiger charge is -2.44. The quantitative estimate of drug-likeness (QED) is 0.169. The van der Waals surface area contributed by atoms with Gasteiger partial charge in [0, 0.05) is 47.6 Å². The third kappa shape index (κ3) is 8.51. The van der Waals surface area contributed by atoms with Gasteiger partial charge in [0.25, 0.3) is 5.75 Å². The molecule has 2 aromatic rings. The summed E-state index contributed by atoms with van der Waals surface area (Å²) in [6.07, 6.45) is -7.85. The number of fused-ring (bicyclic) bond motifs is 1. The minimum absolute atomic E-state index is 0.000362. The molecule has 1 fully saturated rings. The summed E-state index contributed by atoms with van der Waals surface area (Å²) < 4.78 is 48.3. The summed E-state index contributed by atoms with van der Waals surface area (Å²) in [5, 5.41) is -0.000362. The second-order valence-electron chi connectivity index (χ2n) is 9.08. The van der Waals surface area contributed by atoms with Crippen LogP contribution in [0.5, 0.6) is 17.2 Å². The van der Waals surface area contributed by atoms with Crippen molar-refractivity contribution in [3.63, 3.8) is 0 Å². The summed E-state index contributed by atoms with van der Waals surface area (Å²) >= 11 is 0. The fourth-order valence-electron chi connectivity index (χ4n) is 4.11. The number of rotatable bonds is 9. The van der Waals surface area contributed by atoms with Gasteiger partial charge in [-0.25, -0.2) is 4.79 Å². The molecule has 1 aliphatic heterocycles. The molecule has 3 rings (SSSR count). The molecule has 0 unspecified atom stereocenters. The zero-order valence-electron chi connectivity index (χ0n) is 23.9. The molecule has 1 saturated heterocycles. The Labute approximate surface area is 243 Å². The molecule has 16 nitrogen and oxygen atoms in total. The van der Waals surface area contributed by atoms with Crippen LogP contribution < -0.4 is 19.8 Å². The average molecular weight is 609 g/mol. The van der Waals surface area contributed by atoms with Crippen molar-refractivity contribution in [2.24, 2.45) is 0 Å². The molecule has 0 amide bonds. The highest BCUT2D eigenvalue weighted by Gasteiger charge is 2.53. The van der Waals surface area contributed by atoms with Crippen molar-refractivity contribution in [3.8, 4) is 17.2 Å². The molecule has 1 aliphatic rings. The first kappa shape index (κ1) is 32.5. The van der Waals surface area contributed by atoms with E-state index in [0.717, 1.165) is 41.5 Å². The van der Waals surface area contributed by atoms with Crippen LogP contribution in [-0.2, 0) is 52.5 Å². The van der Waals surface area contributed by atoms with E-state index in [1.54, 1.807) is 0 Å². The maximum atomic E-state index is 12.9. The minimum Gasteiger partial charge on any atom is -0.463 e. The van der Waals surface area contributed by atoms with Crippen molar-refractivity contribution in [3.05, 3.63) is 28.6 Å². The molecular formula is C27H28O16. The van der Waals surface area contributed by atoms with Gasteiger partial charge in [-0.2, -0.15) is 0 Å². The van der Waals surface area contributed by atoms with Crippen LogP contribution in [0.2, 0.25) is 0 Å². The van der Waals surface area contributed by atoms with E-state index in [1.165, 1.54) is 18.2 Å². The van der Waals surface area contributed by atoms with E-state index in [-0.39, 0.29) is 16.7 Å². The Morgan fingerprint density at radius 1 is 0.698 bits per heavy atom. The van der Waals surface area contributed by atoms with Gasteiger partial charge in [-0.1, -0.05) is 0 Å². The maximum Gasteiger partial charge on any atom is 0.383 e. The van der Waals surface area contributed by atoms with Crippen LogP contribution in [0.3, 0.4) is 0 Å². The van der Waals surface area contributed by atoms with Gasteiger partial charge in [-0.3, -0.25) is 28.8 Å². The fourth-order valence-corrected chi connectivity index (χ4v) is 4.11. The Morgan fingerprint density at radius 3 is 1.84 bits per heavy atom. The molecule has 16 heteroatoms. The second kappa shape index (κ2) is 13.8. The van der Waals surface area contributed by atoms with E-state index < -0.39 is 90.3 Å². The number of hydrogen-bond donors (Lipinski definition) is 0. The van der Waals surface area contributed by atoms with Crippen LogP contribution in [0, 0.1) is 0 Å². The van der Waals surface area contributed by atoms with E-state index in [0.29, 0.717) is 0 Å². The summed E-state index contributed by atoms with van der Waals surface area (Å²) in [4.78, 5) is 84.0. The Kier molecular flexibility index (Phi) is 10.4. The van der Waals surface area contributed by atoms with Gasteiger partial charge in [0.1, 0.15) is 24.0 Å². The predicted molar refractivity (Wildman–Crippen MR) is 138 cm³/mol. The summed E-state index contributed by atoms with van der Waals surface area (Å²) in [5.41, 5.74) is -1.37. The summed E-state index contributed by atoms with van der Waals surface area (Å²) in [7, 11) is 0. The van der Waals surface area contributed by atoms with Gasteiger partial charge >= 0.3 is 41.4 Å². The number of hydrogen-bond acceptors (Lipinski definition) is 16. The highest BCUT2D eigenvalue weighted by molar-refractivity contribution is 5.88. The van der Waals surface area contributed by atoms with E-state index in [1.807, 2.05) is 0 Å². The van der Waals surface area contributed by atoms with Crippen LogP contribution in [0.1, 0.15) is 41.5 Å². The van der Waals surface area contributed by atoms with Gasteiger partial charge in [0.2, 0.25) is 12.4 Å². The van der Waals surface area contributed by atoms with Crippen LogP contribution >= 0.6 is 0 Å².